The fraction of sp³-hybridized carbons (Fsp3) is 0.235. The van der Waals surface area contributed by atoms with E-state index in [1.807, 2.05) is 31.2 Å². The third kappa shape index (κ3) is 3.38. The first-order valence-corrected chi connectivity index (χ1v) is 6.80. The van der Waals surface area contributed by atoms with Crippen LogP contribution in [0.2, 0.25) is 0 Å². The average molecular weight is 269 g/mol. The predicted molar refractivity (Wildman–Crippen MR) is 81.2 cm³/mol. The fourth-order valence-corrected chi connectivity index (χ4v) is 2.11. The molecule has 0 radical (unpaired) electrons. The number of benzene rings is 2. The van der Waals surface area contributed by atoms with Crippen LogP contribution in [0.4, 0.5) is 5.69 Å². The van der Waals surface area contributed by atoms with Crippen LogP contribution in [-0.4, -0.2) is 11.0 Å². The van der Waals surface area contributed by atoms with Crippen LogP contribution >= 0.6 is 0 Å². The Kier molecular flexibility index (Phi) is 4.41. The van der Waals surface area contributed by atoms with Crippen LogP contribution in [0.25, 0.3) is 0 Å². The molecule has 2 rings (SSSR count). The lowest BCUT2D eigenvalue weighted by Crippen LogP contribution is -2.12. The third-order valence-corrected chi connectivity index (χ3v) is 3.13. The number of nitrogens with one attached hydrogen (secondary N) is 1. The van der Waals surface area contributed by atoms with Gasteiger partial charge in [0, 0.05) is 5.56 Å². The number of rotatable bonds is 4. The molecule has 104 valence electrons. The van der Waals surface area contributed by atoms with Gasteiger partial charge in [0.2, 0.25) is 0 Å². The molecule has 0 heterocycles. The second-order valence-electron chi connectivity index (χ2n) is 4.93. The Morgan fingerprint density at radius 3 is 2.65 bits per heavy atom. The zero-order valence-electron chi connectivity index (χ0n) is 11.8. The van der Waals surface area contributed by atoms with Gasteiger partial charge in [0.1, 0.15) is 5.75 Å². The van der Waals surface area contributed by atoms with Gasteiger partial charge in [-0.2, -0.15) is 0 Å². The molecule has 1 amide bonds. The van der Waals surface area contributed by atoms with Gasteiger partial charge in [-0.3, -0.25) is 4.79 Å². The summed E-state index contributed by atoms with van der Waals surface area (Å²) in [7, 11) is 0. The molecule has 3 heteroatoms. The van der Waals surface area contributed by atoms with E-state index in [1.54, 1.807) is 18.2 Å². The Bertz CT molecular complexity index is 620. The van der Waals surface area contributed by atoms with Crippen LogP contribution in [0, 0.1) is 6.92 Å². The highest BCUT2D eigenvalue weighted by molar-refractivity contribution is 6.05. The van der Waals surface area contributed by atoms with Gasteiger partial charge in [-0.15, -0.1) is 0 Å². The molecule has 2 N–H and O–H groups in total. The molecule has 0 unspecified atom stereocenters. The lowest BCUT2D eigenvalue weighted by atomic mass is 10.1. The van der Waals surface area contributed by atoms with Crippen LogP contribution < -0.4 is 5.32 Å². The van der Waals surface area contributed by atoms with Crippen LogP contribution in [0.3, 0.4) is 0 Å². The number of aryl methyl sites for hydroxylation is 2. The summed E-state index contributed by atoms with van der Waals surface area (Å²) in [4.78, 5) is 12.1. The number of anilines is 1. The van der Waals surface area contributed by atoms with Crippen molar-refractivity contribution in [2.45, 2.75) is 26.7 Å². The number of phenolic OH excluding ortho intramolecular Hbond substituents is 1. The smallest absolute Gasteiger partial charge is 0.255 e. The van der Waals surface area contributed by atoms with E-state index in [2.05, 4.69) is 12.2 Å². The minimum Gasteiger partial charge on any atom is -0.506 e. The van der Waals surface area contributed by atoms with E-state index in [1.165, 1.54) is 0 Å². The van der Waals surface area contributed by atoms with E-state index in [-0.39, 0.29) is 11.7 Å². The van der Waals surface area contributed by atoms with E-state index in [4.69, 9.17) is 0 Å². The Hall–Kier alpha value is -2.29. The highest BCUT2D eigenvalue weighted by atomic mass is 16.3. The Labute approximate surface area is 119 Å². The molecule has 2 aromatic carbocycles. The fourth-order valence-electron chi connectivity index (χ4n) is 2.11. The van der Waals surface area contributed by atoms with E-state index < -0.39 is 0 Å². The maximum absolute atomic E-state index is 12.1. The van der Waals surface area contributed by atoms with Crippen molar-refractivity contribution in [2.75, 3.05) is 5.32 Å². The molecule has 0 aromatic heterocycles. The molecule has 0 aliphatic carbocycles. The molecule has 0 atom stereocenters. The lowest BCUT2D eigenvalue weighted by molar-refractivity contribution is 0.102. The number of hydrogen-bond acceptors (Lipinski definition) is 2. The maximum Gasteiger partial charge on any atom is 0.255 e. The second kappa shape index (κ2) is 6.24. The highest BCUT2D eigenvalue weighted by Crippen LogP contribution is 2.25. The number of hydrogen-bond donors (Lipinski definition) is 2. The summed E-state index contributed by atoms with van der Waals surface area (Å²) >= 11 is 0. The normalized spacial score (nSPS) is 10.3. The van der Waals surface area contributed by atoms with Gasteiger partial charge in [-0.25, -0.2) is 0 Å². The average Bonchev–Trinajstić information content (AvgIpc) is 2.42. The van der Waals surface area contributed by atoms with Gasteiger partial charge in [0.05, 0.1) is 5.69 Å². The minimum absolute atomic E-state index is 0.108. The third-order valence-electron chi connectivity index (χ3n) is 3.13. The van der Waals surface area contributed by atoms with E-state index in [0.717, 1.165) is 24.0 Å². The standard InChI is InChI=1S/C17H19NO2/c1-3-5-13-8-9-15(16(19)11-13)18-17(20)14-7-4-6-12(2)10-14/h4,6-11,19H,3,5H2,1-2H3,(H,18,20). The summed E-state index contributed by atoms with van der Waals surface area (Å²) in [6.45, 7) is 4.03. The predicted octanol–water partition coefficient (Wildman–Crippen LogP) is 3.91. The van der Waals surface area contributed by atoms with Gasteiger partial charge in [0.25, 0.3) is 5.91 Å². The number of phenols is 1. The van der Waals surface area contributed by atoms with Crippen molar-refractivity contribution in [3.05, 3.63) is 59.2 Å². The summed E-state index contributed by atoms with van der Waals surface area (Å²) in [5, 5.41) is 12.7. The molecule has 0 spiro atoms. The summed E-state index contributed by atoms with van der Waals surface area (Å²) in [5.41, 5.74) is 3.12. The van der Waals surface area contributed by atoms with Crippen molar-refractivity contribution >= 4 is 11.6 Å². The molecule has 0 fully saturated rings. The Morgan fingerprint density at radius 2 is 2.00 bits per heavy atom. The van der Waals surface area contributed by atoms with E-state index >= 15 is 0 Å². The molecule has 20 heavy (non-hydrogen) atoms. The Balaban J connectivity index is 2.15. The summed E-state index contributed by atoms with van der Waals surface area (Å²) in [6, 6.07) is 12.7. The molecular weight excluding hydrogens is 250 g/mol. The van der Waals surface area contributed by atoms with Crippen molar-refractivity contribution in [2.24, 2.45) is 0 Å². The zero-order chi connectivity index (χ0) is 14.5. The molecular formula is C17H19NO2. The van der Waals surface area contributed by atoms with Crippen LogP contribution in [-0.2, 0) is 6.42 Å². The van der Waals surface area contributed by atoms with E-state index in [9.17, 15) is 9.90 Å². The number of carbonyl (C=O) groups excluding carboxylic acids is 1. The second-order valence-corrected chi connectivity index (χ2v) is 4.93. The van der Waals surface area contributed by atoms with Crippen LogP contribution in [0.1, 0.15) is 34.8 Å². The SMILES string of the molecule is CCCc1ccc(NC(=O)c2cccc(C)c2)c(O)c1. The van der Waals surface area contributed by atoms with Gasteiger partial charge < -0.3 is 10.4 Å². The first-order chi connectivity index (χ1) is 9.60. The molecule has 0 aliphatic rings. The topological polar surface area (TPSA) is 49.3 Å². The largest absolute Gasteiger partial charge is 0.506 e. The lowest BCUT2D eigenvalue weighted by Gasteiger charge is -2.09. The molecule has 0 saturated carbocycles. The molecule has 0 saturated heterocycles. The summed E-state index contributed by atoms with van der Waals surface area (Å²) in [6.07, 6.45) is 1.94. The van der Waals surface area contributed by atoms with Gasteiger partial charge in [0.15, 0.2) is 0 Å². The van der Waals surface area contributed by atoms with E-state index in [0.29, 0.717) is 11.3 Å². The van der Waals surface area contributed by atoms with Crippen molar-refractivity contribution in [3.63, 3.8) is 0 Å². The molecule has 0 aliphatic heterocycles. The summed E-state index contributed by atoms with van der Waals surface area (Å²) < 4.78 is 0. The zero-order valence-corrected chi connectivity index (χ0v) is 11.8. The molecule has 2 aromatic rings. The highest BCUT2D eigenvalue weighted by Gasteiger charge is 2.09. The van der Waals surface area contributed by atoms with Crippen LogP contribution in [0.5, 0.6) is 5.75 Å². The first kappa shape index (κ1) is 14.1. The van der Waals surface area contributed by atoms with Gasteiger partial charge >= 0.3 is 0 Å². The van der Waals surface area contributed by atoms with Crippen molar-refractivity contribution in [3.8, 4) is 5.75 Å². The Morgan fingerprint density at radius 1 is 1.20 bits per heavy atom. The quantitative estimate of drug-likeness (QED) is 0.827. The minimum atomic E-state index is -0.216. The molecule has 0 bridgehead atoms. The number of aromatic hydroxyl groups is 1. The number of amides is 1. The van der Waals surface area contributed by atoms with Crippen molar-refractivity contribution in [1.82, 2.24) is 0 Å². The van der Waals surface area contributed by atoms with Gasteiger partial charge in [-0.05, 0) is 43.2 Å². The van der Waals surface area contributed by atoms with Gasteiger partial charge in [-0.1, -0.05) is 37.1 Å². The van der Waals surface area contributed by atoms with Crippen LogP contribution in [0.15, 0.2) is 42.5 Å². The first-order valence-electron chi connectivity index (χ1n) is 6.80. The molecule has 3 nitrogen and oxygen atoms in total. The number of carbonyl (C=O) groups is 1. The maximum atomic E-state index is 12.1. The van der Waals surface area contributed by atoms with Crippen molar-refractivity contribution < 1.29 is 9.90 Å². The monoisotopic (exact) mass is 269 g/mol. The summed E-state index contributed by atoms with van der Waals surface area (Å²) in [5.74, 6) is -0.107. The van der Waals surface area contributed by atoms with Crippen molar-refractivity contribution in [1.29, 1.82) is 0 Å².